The van der Waals surface area contributed by atoms with Gasteiger partial charge in [-0.1, -0.05) is 24.3 Å². The van der Waals surface area contributed by atoms with Gasteiger partial charge in [0, 0.05) is 18.3 Å². The summed E-state index contributed by atoms with van der Waals surface area (Å²) in [7, 11) is 0. The predicted octanol–water partition coefficient (Wildman–Crippen LogP) is 3.99. The van der Waals surface area contributed by atoms with Gasteiger partial charge >= 0.3 is 0 Å². The van der Waals surface area contributed by atoms with E-state index in [1.54, 1.807) is 0 Å². The summed E-state index contributed by atoms with van der Waals surface area (Å²) in [6.07, 6.45) is 1.25. The number of benzene rings is 2. The first-order valence-electron chi connectivity index (χ1n) is 8.60. The first-order chi connectivity index (χ1) is 13.9. The van der Waals surface area contributed by atoms with E-state index in [2.05, 4.69) is 15.6 Å². The van der Waals surface area contributed by atoms with E-state index in [1.807, 2.05) is 31.2 Å². The topological polar surface area (TPSA) is 71.1 Å². The molecule has 0 saturated heterocycles. The molecule has 3 rings (SSSR count). The molecule has 0 aliphatic heterocycles. The van der Waals surface area contributed by atoms with Crippen LogP contribution in [0.3, 0.4) is 0 Å². The van der Waals surface area contributed by atoms with Crippen LogP contribution in [0.5, 0.6) is 0 Å². The van der Waals surface area contributed by atoms with Crippen LogP contribution in [0.2, 0.25) is 0 Å². The van der Waals surface area contributed by atoms with Crippen LogP contribution in [-0.4, -0.2) is 16.8 Å². The maximum Gasteiger partial charge on any atom is 0.270 e. The average molecular weight is 399 g/mol. The summed E-state index contributed by atoms with van der Waals surface area (Å²) < 4.78 is 40.0. The number of nitrogens with one attached hydrogen (secondary N) is 2. The second kappa shape index (κ2) is 8.55. The molecule has 1 heterocycles. The number of rotatable bonds is 5. The minimum Gasteiger partial charge on any atom is -0.347 e. The standard InChI is InChI=1S/C21H16F3N3O2/c1-12-4-2-3-5-14(12)11-26-21(29)17-10-13(8-9-25-17)20(28)27-16-7-6-15(22)18(23)19(16)24/h2-10H,11H2,1H3,(H,26,29)(H,27,28). The third-order valence-corrected chi connectivity index (χ3v) is 4.24. The molecule has 0 saturated carbocycles. The lowest BCUT2D eigenvalue weighted by Gasteiger charge is -2.09. The van der Waals surface area contributed by atoms with Crippen molar-refractivity contribution < 1.29 is 22.8 Å². The Morgan fingerprint density at radius 1 is 0.966 bits per heavy atom. The summed E-state index contributed by atoms with van der Waals surface area (Å²) >= 11 is 0. The molecule has 0 fully saturated rings. The fraction of sp³-hybridized carbons (Fsp3) is 0.0952. The Morgan fingerprint density at radius 3 is 2.48 bits per heavy atom. The number of aryl methyl sites for hydroxylation is 1. The number of nitrogens with zero attached hydrogens (tertiary/aromatic N) is 1. The lowest BCUT2D eigenvalue weighted by molar-refractivity contribution is 0.0946. The maximum atomic E-state index is 13.7. The Kier molecular flexibility index (Phi) is 5.92. The van der Waals surface area contributed by atoms with Gasteiger partial charge in [0.1, 0.15) is 5.69 Å². The number of hydrogen-bond acceptors (Lipinski definition) is 3. The molecule has 0 radical (unpaired) electrons. The Labute approximate surface area is 164 Å². The Hall–Kier alpha value is -3.68. The van der Waals surface area contributed by atoms with Gasteiger partial charge < -0.3 is 10.6 Å². The monoisotopic (exact) mass is 399 g/mol. The van der Waals surface area contributed by atoms with Crippen LogP contribution in [-0.2, 0) is 6.54 Å². The van der Waals surface area contributed by atoms with E-state index in [1.165, 1.54) is 18.3 Å². The molecule has 2 aromatic carbocycles. The van der Waals surface area contributed by atoms with Crippen LogP contribution in [0.4, 0.5) is 18.9 Å². The molecule has 2 N–H and O–H groups in total. The van der Waals surface area contributed by atoms with Crippen LogP contribution < -0.4 is 10.6 Å². The first kappa shape index (κ1) is 20.1. The van der Waals surface area contributed by atoms with Crippen molar-refractivity contribution in [1.29, 1.82) is 0 Å². The van der Waals surface area contributed by atoms with E-state index in [-0.39, 0.29) is 17.8 Å². The van der Waals surface area contributed by atoms with E-state index >= 15 is 0 Å². The molecule has 5 nitrogen and oxygen atoms in total. The third kappa shape index (κ3) is 4.60. The van der Waals surface area contributed by atoms with Crippen LogP contribution >= 0.6 is 0 Å². The van der Waals surface area contributed by atoms with E-state index in [0.29, 0.717) is 6.07 Å². The van der Waals surface area contributed by atoms with Crippen molar-refractivity contribution in [2.45, 2.75) is 13.5 Å². The Bertz CT molecular complexity index is 1090. The van der Waals surface area contributed by atoms with Gasteiger partial charge in [-0.15, -0.1) is 0 Å². The van der Waals surface area contributed by atoms with Gasteiger partial charge in [0.2, 0.25) is 0 Å². The number of aromatic nitrogens is 1. The zero-order valence-electron chi connectivity index (χ0n) is 15.3. The van der Waals surface area contributed by atoms with Gasteiger partial charge in [-0.05, 0) is 42.3 Å². The lowest BCUT2D eigenvalue weighted by Crippen LogP contribution is -2.25. The molecule has 0 atom stereocenters. The van der Waals surface area contributed by atoms with Gasteiger partial charge in [-0.25, -0.2) is 13.2 Å². The largest absolute Gasteiger partial charge is 0.347 e. The number of amides is 2. The molecule has 0 spiro atoms. The zero-order valence-corrected chi connectivity index (χ0v) is 15.3. The SMILES string of the molecule is Cc1ccccc1CNC(=O)c1cc(C(=O)Nc2ccc(F)c(F)c2F)ccn1. The summed E-state index contributed by atoms with van der Waals surface area (Å²) in [5.74, 6) is -5.86. The van der Waals surface area contributed by atoms with E-state index in [0.717, 1.165) is 17.2 Å². The van der Waals surface area contributed by atoms with Gasteiger partial charge in [0.05, 0.1) is 5.69 Å². The van der Waals surface area contributed by atoms with Crippen molar-refractivity contribution in [2.24, 2.45) is 0 Å². The highest BCUT2D eigenvalue weighted by Gasteiger charge is 2.17. The molecule has 148 valence electrons. The van der Waals surface area contributed by atoms with Crippen molar-refractivity contribution in [3.63, 3.8) is 0 Å². The van der Waals surface area contributed by atoms with E-state index in [9.17, 15) is 22.8 Å². The van der Waals surface area contributed by atoms with Crippen molar-refractivity contribution >= 4 is 17.5 Å². The van der Waals surface area contributed by atoms with Crippen LogP contribution in [0, 0.1) is 24.4 Å². The molecule has 3 aromatic rings. The predicted molar refractivity (Wildman–Crippen MR) is 101 cm³/mol. The molecule has 0 aliphatic rings. The highest BCUT2D eigenvalue weighted by molar-refractivity contribution is 6.05. The smallest absolute Gasteiger partial charge is 0.270 e. The van der Waals surface area contributed by atoms with Crippen molar-refractivity contribution in [3.05, 3.63) is 94.6 Å². The summed E-state index contributed by atoms with van der Waals surface area (Å²) in [6, 6.07) is 11.7. The molecular weight excluding hydrogens is 383 g/mol. The molecular formula is C21H16F3N3O2. The number of carbonyl (C=O) groups excluding carboxylic acids is 2. The molecule has 1 aromatic heterocycles. The van der Waals surface area contributed by atoms with E-state index in [4.69, 9.17) is 0 Å². The molecule has 0 bridgehead atoms. The summed E-state index contributed by atoms with van der Waals surface area (Å²) in [5.41, 5.74) is 1.42. The number of anilines is 1. The number of carbonyl (C=O) groups is 2. The van der Waals surface area contributed by atoms with Crippen LogP contribution in [0.1, 0.15) is 32.0 Å². The number of hydrogen-bond donors (Lipinski definition) is 2. The summed E-state index contributed by atoms with van der Waals surface area (Å²) in [4.78, 5) is 28.6. The van der Waals surface area contributed by atoms with Crippen molar-refractivity contribution in [2.75, 3.05) is 5.32 Å². The molecule has 29 heavy (non-hydrogen) atoms. The number of halogens is 3. The minimum atomic E-state index is -1.69. The first-order valence-corrected chi connectivity index (χ1v) is 8.60. The molecule has 0 unspecified atom stereocenters. The summed E-state index contributed by atoms with van der Waals surface area (Å²) in [6.45, 7) is 2.20. The van der Waals surface area contributed by atoms with Gasteiger partial charge in [-0.3, -0.25) is 14.6 Å². The normalized spacial score (nSPS) is 10.5. The summed E-state index contributed by atoms with van der Waals surface area (Å²) in [5, 5.41) is 4.86. The molecule has 8 heteroatoms. The lowest BCUT2D eigenvalue weighted by atomic mass is 10.1. The molecule has 2 amide bonds. The quantitative estimate of drug-likeness (QED) is 0.638. The van der Waals surface area contributed by atoms with E-state index < -0.39 is 35.0 Å². The third-order valence-electron chi connectivity index (χ3n) is 4.24. The maximum absolute atomic E-state index is 13.7. The average Bonchev–Trinajstić information content (AvgIpc) is 2.73. The highest BCUT2D eigenvalue weighted by atomic mass is 19.2. The minimum absolute atomic E-state index is 0.00479. The fourth-order valence-electron chi connectivity index (χ4n) is 2.59. The van der Waals surface area contributed by atoms with Crippen LogP contribution in [0.25, 0.3) is 0 Å². The van der Waals surface area contributed by atoms with Gasteiger partial charge in [0.15, 0.2) is 17.5 Å². The van der Waals surface area contributed by atoms with Crippen molar-refractivity contribution in [1.82, 2.24) is 10.3 Å². The highest BCUT2D eigenvalue weighted by Crippen LogP contribution is 2.20. The Morgan fingerprint density at radius 2 is 1.72 bits per heavy atom. The molecule has 0 aliphatic carbocycles. The van der Waals surface area contributed by atoms with Gasteiger partial charge in [-0.2, -0.15) is 0 Å². The van der Waals surface area contributed by atoms with Crippen LogP contribution in [0.15, 0.2) is 54.7 Å². The van der Waals surface area contributed by atoms with Crippen molar-refractivity contribution in [3.8, 4) is 0 Å². The Balaban J connectivity index is 1.72. The zero-order chi connectivity index (χ0) is 21.0. The van der Waals surface area contributed by atoms with Gasteiger partial charge in [0.25, 0.3) is 11.8 Å². The fourth-order valence-corrected chi connectivity index (χ4v) is 2.59. The second-order valence-corrected chi connectivity index (χ2v) is 6.22. The second-order valence-electron chi connectivity index (χ2n) is 6.22. The number of pyridine rings is 1.